The summed E-state index contributed by atoms with van der Waals surface area (Å²) in [7, 11) is 0. The number of morpholine rings is 1. The monoisotopic (exact) mass is 296 g/mol. The summed E-state index contributed by atoms with van der Waals surface area (Å²) in [6, 6.07) is 13.7. The van der Waals surface area contributed by atoms with Crippen LogP contribution < -0.4 is 0 Å². The predicted molar refractivity (Wildman–Crippen MR) is 84.5 cm³/mol. The summed E-state index contributed by atoms with van der Waals surface area (Å²) in [5.41, 5.74) is 1.72. The number of rotatable bonds is 2. The number of ether oxygens (including phenoxy) is 1. The molecular formula is C18H20N2O2. The van der Waals surface area contributed by atoms with Crippen molar-refractivity contribution in [3.8, 4) is 0 Å². The zero-order chi connectivity index (χ0) is 15.5. The van der Waals surface area contributed by atoms with E-state index in [1.54, 1.807) is 18.5 Å². The summed E-state index contributed by atoms with van der Waals surface area (Å²) in [4.78, 5) is 18.8. The largest absolute Gasteiger partial charge is 0.369 e. The zero-order valence-electron chi connectivity index (χ0n) is 12.8. The Morgan fingerprint density at radius 1 is 1.18 bits per heavy atom. The molecule has 1 saturated heterocycles. The molecule has 22 heavy (non-hydrogen) atoms. The highest BCUT2D eigenvalue weighted by atomic mass is 16.5. The molecule has 1 amide bonds. The Labute approximate surface area is 130 Å². The molecule has 3 unspecified atom stereocenters. The van der Waals surface area contributed by atoms with Crippen molar-refractivity contribution in [1.29, 1.82) is 0 Å². The van der Waals surface area contributed by atoms with Gasteiger partial charge in [0, 0.05) is 12.4 Å². The van der Waals surface area contributed by atoms with E-state index in [9.17, 15) is 4.79 Å². The highest BCUT2D eigenvalue weighted by Crippen LogP contribution is 2.31. The van der Waals surface area contributed by atoms with Crippen LogP contribution in [0.1, 0.15) is 35.9 Å². The third-order valence-electron chi connectivity index (χ3n) is 4.14. The summed E-state index contributed by atoms with van der Waals surface area (Å²) in [5.74, 6) is 0.0114. The van der Waals surface area contributed by atoms with Gasteiger partial charge in [-0.15, -0.1) is 0 Å². The van der Waals surface area contributed by atoms with Crippen LogP contribution in [0, 0.1) is 0 Å². The fraction of sp³-hybridized carbons (Fsp3) is 0.333. The van der Waals surface area contributed by atoms with Crippen molar-refractivity contribution >= 4 is 5.91 Å². The first-order valence-electron chi connectivity index (χ1n) is 7.57. The molecule has 0 N–H and O–H groups in total. The Balaban J connectivity index is 1.88. The molecule has 3 rings (SSSR count). The molecule has 2 heterocycles. The van der Waals surface area contributed by atoms with Crippen molar-refractivity contribution in [1.82, 2.24) is 9.88 Å². The topological polar surface area (TPSA) is 42.4 Å². The minimum absolute atomic E-state index is 0.0114. The second-order valence-corrected chi connectivity index (χ2v) is 5.71. The molecule has 0 radical (unpaired) electrons. The van der Waals surface area contributed by atoms with Crippen molar-refractivity contribution in [3.63, 3.8) is 0 Å². The molecule has 1 fully saturated rings. The maximum atomic E-state index is 12.8. The highest BCUT2D eigenvalue weighted by Gasteiger charge is 2.37. The van der Waals surface area contributed by atoms with Gasteiger partial charge < -0.3 is 9.64 Å². The lowest BCUT2D eigenvalue weighted by molar-refractivity contribution is -0.0806. The molecule has 0 spiro atoms. The molecule has 2 aromatic rings. The van der Waals surface area contributed by atoms with Gasteiger partial charge in [-0.3, -0.25) is 9.78 Å². The number of aromatic nitrogens is 1. The first kappa shape index (κ1) is 14.7. The Morgan fingerprint density at radius 3 is 2.64 bits per heavy atom. The Kier molecular flexibility index (Phi) is 4.20. The molecule has 114 valence electrons. The minimum atomic E-state index is -0.0991. The van der Waals surface area contributed by atoms with Gasteiger partial charge in [-0.1, -0.05) is 30.3 Å². The van der Waals surface area contributed by atoms with Gasteiger partial charge in [-0.05, 0) is 31.5 Å². The van der Waals surface area contributed by atoms with Gasteiger partial charge in [-0.25, -0.2) is 0 Å². The maximum absolute atomic E-state index is 12.8. The van der Waals surface area contributed by atoms with Crippen LogP contribution in [-0.2, 0) is 4.74 Å². The van der Waals surface area contributed by atoms with Crippen LogP contribution in [-0.4, -0.2) is 34.5 Å². The van der Waals surface area contributed by atoms with Crippen LogP contribution in [0.5, 0.6) is 0 Å². The van der Waals surface area contributed by atoms with Crippen molar-refractivity contribution in [3.05, 3.63) is 66.0 Å². The number of pyridine rings is 1. The van der Waals surface area contributed by atoms with Crippen LogP contribution in [0.3, 0.4) is 0 Å². The van der Waals surface area contributed by atoms with Gasteiger partial charge >= 0.3 is 0 Å². The quantitative estimate of drug-likeness (QED) is 0.855. The Morgan fingerprint density at radius 2 is 1.95 bits per heavy atom. The van der Waals surface area contributed by atoms with E-state index in [1.807, 2.05) is 55.1 Å². The van der Waals surface area contributed by atoms with E-state index in [4.69, 9.17) is 4.74 Å². The number of hydrogen-bond acceptors (Lipinski definition) is 3. The van der Waals surface area contributed by atoms with Gasteiger partial charge in [0.25, 0.3) is 5.91 Å². The molecule has 4 heteroatoms. The third-order valence-corrected chi connectivity index (χ3v) is 4.14. The van der Waals surface area contributed by atoms with Gasteiger partial charge in [0.1, 0.15) is 6.10 Å². The molecule has 0 aliphatic carbocycles. The zero-order valence-corrected chi connectivity index (χ0v) is 12.8. The molecule has 0 saturated carbocycles. The smallest absolute Gasteiger partial charge is 0.256 e. The minimum Gasteiger partial charge on any atom is -0.369 e. The molecule has 0 bridgehead atoms. The van der Waals surface area contributed by atoms with E-state index in [2.05, 4.69) is 4.98 Å². The van der Waals surface area contributed by atoms with Gasteiger partial charge in [-0.2, -0.15) is 0 Å². The van der Waals surface area contributed by atoms with E-state index in [0.29, 0.717) is 12.2 Å². The lowest BCUT2D eigenvalue weighted by Crippen LogP contribution is -2.53. The number of amides is 1. The molecule has 1 aromatic heterocycles. The molecule has 4 nitrogen and oxygen atoms in total. The average molecular weight is 296 g/mol. The number of nitrogens with zero attached hydrogens (tertiary/aromatic N) is 2. The summed E-state index contributed by atoms with van der Waals surface area (Å²) < 4.78 is 6.00. The maximum Gasteiger partial charge on any atom is 0.256 e. The molecule has 1 aliphatic heterocycles. The van der Waals surface area contributed by atoms with Crippen molar-refractivity contribution in [2.24, 2.45) is 0 Å². The van der Waals surface area contributed by atoms with Crippen LogP contribution in [0.25, 0.3) is 0 Å². The van der Waals surface area contributed by atoms with E-state index >= 15 is 0 Å². The Hall–Kier alpha value is -2.20. The highest BCUT2D eigenvalue weighted by molar-refractivity contribution is 5.94. The lowest BCUT2D eigenvalue weighted by atomic mass is 9.98. The van der Waals surface area contributed by atoms with E-state index in [0.717, 1.165) is 5.56 Å². The summed E-state index contributed by atoms with van der Waals surface area (Å²) in [5, 5.41) is 0. The predicted octanol–water partition coefficient (Wildman–Crippen LogP) is 3.07. The number of carbonyl (C=O) groups excluding carboxylic acids is 1. The van der Waals surface area contributed by atoms with E-state index in [-0.39, 0.29) is 24.1 Å². The van der Waals surface area contributed by atoms with Gasteiger partial charge in [0.2, 0.25) is 0 Å². The van der Waals surface area contributed by atoms with E-state index < -0.39 is 0 Å². The van der Waals surface area contributed by atoms with Crippen LogP contribution in [0.4, 0.5) is 0 Å². The van der Waals surface area contributed by atoms with Crippen molar-refractivity contribution < 1.29 is 9.53 Å². The number of benzene rings is 1. The standard InChI is InChI=1S/C18H20N2O2/c1-13-12-22-17(15-7-4-3-5-8-15)14(2)20(13)18(21)16-9-6-10-19-11-16/h3-11,13-14,17H,12H2,1-2H3. The second-order valence-electron chi connectivity index (χ2n) is 5.71. The summed E-state index contributed by atoms with van der Waals surface area (Å²) in [6.07, 6.45) is 3.20. The normalized spacial score (nSPS) is 25.0. The first-order chi connectivity index (χ1) is 10.7. The molecule has 3 atom stereocenters. The fourth-order valence-corrected chi connectivity index (χ4v) is 3.05. The van der Waals surface area contributed by atoms with Crippen molar-refractivity contribution in [2.75, 3.05) is 6.61 Å². The average Bonchev–Trinajstić information content (AvgIpc) is 2.56. The van der Waals surface area contributed by atoms with Gasteiger partial charge in [0.15, 0.2) is 0 Å². The number of carbonyl (C=O) groups is 1. The van der Waals surface area contributed by atoms with Crippen LogP contribution in [0.15, 0.2) is 54.9 Å². The summed E-state index contributed by atoms with van der Waals surface area (Å²) >= 11 is 0. The van der Waals surface area contributed by atoms with Crippen LogP contribution in [0.2, 0.25) is 0 Å². The van der Waals surface area contributed by atoms with E-state index in [1.165, 1.54) is 0 Å². The SMILES string of the molecule is CC1COC(c2ccccc2)C(C)N1C(=O)c1cccnc1. The van der Waals surface area contributed by atoms with Crippen LogP contribution >= 0.6 is 0 Å². The number of hydrogen-bond donors (Lipinski definition) is 0. The first-order valence-corrected chi connectivity index (χ1v) is 7.57. The second kappa shape index (κ2) is 6.28. The molecule has 1 aromatic carbocycles. The lowest BCUT2D eigenvalue weighted by Gasteiger charge is -2.43. The molecule has 1 aliphatic rings. The molecular weight excluding hydrogens is 276 g/mol. The van der Waals surface area contributed by atoms with Gasteiger partial charge in [0.05, 0.1) is 24.3 Å². The van der Waals surface area contributed by atoms with Crippen molar-refractivity contribution in [2.45, 2.75) is 32.0 Å². The third kappa shape index (κ3) is 2.74. The fourth-order valence-electron chi connectivity index (χ4n) is 3.05. The Bertz CT molecular complexity index is 630. The summed E-state index contributed by atoms with van der Waals surface area (Å²) in [6.45, 7) is 4.60.